The Kier molecular flexibility index (Phi) is 2.18. The van der Waals surface area contributed by atoms with E-state index in [1.807, 2.05) is 0 Å². The molecule has 0 spiro atoms. The summed E-state index contributed by atoms with van der Waals surface area (Å²) in [7, 11) is 0. The van der Waals surface area contributed by atoms with Gasteiger partial charge in [0.25, 0.3) is 0 Å². The number of hydrogen-bond donors (Lipinski definition) is 1. The van der Waals surface area contributed by atoms with E-state index in [9.17, 15) is 22.0 Å². The van der Waals surface area contributed by atoms with Crippen LogP contribution >= 0.6 is 12.2 Å². The molecule has 0 atom stereocenters. The molecule has 0 aliphatic carbocycles. The van der Waals surface area contributed by atoms with Crippen LogP contribution in [0.3, 0.4) is 0 Å². The number of alkyl halides is 5. The Hall–Kier alpha value is -0.920. The number of nitrogens with zero attached hydrogens (tertiary/aromatic N) is 1. The van der Waals surface area contributed by atoms with Crippen molar-refractivity contribution in [2.24, 2.45) is 0 Å². The first kappa shape index (κ1) is 10.2. The first-order chi connectivity index (χ1) is 5.77. The molecule has 1 heterocycles. The SMILES string of the molecule is FC(F)(F)C(F)(F)n1[nH]ccc1=S. The molecule has 1 N–H and O–H groups in total. The van der Waals surface area contributed by atoms with E-state index in [4.69, 9.17) is 0 Å². The van der Waals surface area contributed by atoms with Gasteiger partial charge >= 0.3 is 12.2 Å². The Balaban J connectivity index is 3.23. The molecule has 0 aromatic carbocycles. The van der Waals surface area contributed by atoms with Gasteiger partial charge in [-0.1, -0.05) is 12.2 Å². The van der Waals surface area contributed by atoms with Crippen molar-refractivity contribution in [1.29, 1.82) is 0 Å². The van der Waals surface area contributed by atoms with Crippen LogP contribution in [0.15, 0.2) is 12.3 Å². The van der Waals surface area contributed by atoms with Crippen LogP contribution in [0.1, 0.15) is 0 Å². The minimum absolute atomic E-state index is 0.414. The number of rotatable bonds is 1. The van der Waals surface area contributed by atoms with E-state index in [1.165, 1.54) is 0 Å². The second kappa shape index (κ2) is 2.79. The Morgan fingerprint density at radius 3 is 2.08 bits per heavy atom. The van der Waals surface area contributed by atoms with Crippen molar-refractivity contribution in [2.45, 2.75) is 12.2 Å². The van der Waals surface area contributed by atoms with Gasteiger partial charge in [-0.05, 0) is 6.07 Å². The molecule has 0 fully saturated rings. The number of nitrogens with one attached hydrogen (secondary N) is 1. The summed E-state index contributed by atoms with van der Waals surface area (Å²) in [4.78, 5) is 0. The highest BCUT2D eigenvalue weighted by Crippen LogP contribution is 2.39. The number of halogens is 5. The van der Waals surface area contributed by atoms with Crippen LogP contribution in [0, 0.1) is 4.64 Å². The Bertz CT molecular complexity index is 348. The van der Waals surface area contributed by atoms with E-state index in [-0.39, 0.29) is 0 Å². The molecule has 8 heteroatoms. The molecule has 1 aromatic rings. The predicted octanol–water partition coefficient (Wildman–Crippen LogP) is 2.66. The van der Waals surface area contributed by atoms with Gasteiger partial charge < -0.3 is 0 Å². The lowest BCUT2D eigenvalue weighted by atomic mass is 10.5. The fourth-order valence-corrected chi connectivity index (χ4v) is 0.903. The fraction of sp³-hybridized carbons (Fsp3) is 0.400. The maximum absolute atomic E-state index is 12.5. The molecule has 0 amide bonds. The summed E-state index contributed by atoms with van der Waals surface area (Å²) < 4.78 is 59.2. The van der Waals surface area contributed by atoms with Gasteiger partial charge in [-0.2, -0.15) is 22.0 Å². The highest BCUT2D eigenvalue weighted by atomic mass is 32.1. The summed E-state index contributed by atoms with van der Waals surface area (Å²) >= 11 is 4.25. The summed E-state index contributed by atoms with van der Waals surface area (Å²) in [5.74, 6) is 0. The third-order valence-corrected chi connectivity index (χ3v) is 1.59. The zero-order valence-electron chi connectivity index (χ0n) is 5.90. The summed E-state index contributed by atoms with van der Waals surface area (Å²) in [5.41, 5.74) is 0. The van der Waals surface area contributed by atoms with Gasteiger partial charge in [-0.3, -0.25) is 5.10 Å². The molecule has 2 nitrogen and oxygen atoms in total. The second-order valence-electron chi connectivity index (χ2n) is 2.18. The maximum atomic E-state index is 12.5. The summed E-state index contributed by atoms with van der Waals surface area (Å²) in [6.45, 7) is 0. The Labute approximate surface area is 74.0 Å². The average Bonchev–Trinajstić information content (AvgIpc) is 2.32. The molecule has 1 aromatic heterocycles. The number of aromatic nitrogens is 2. The van der Waals surface area contributed by atoms with E-state index < -0.39 is 21.5 Å². The molecular formula is C5H3F5N2S. The third-order valence-electron chi connectivity index (χ3n) is 1.27. The third kappa shape index (κ3) is 1.58. The molecule has 0 saturated carbocycles. The molecule has 0 aliphatic heterocycles. The van der Waals surface area contributed by atoms with Crippen molar-refractivity contribution in [2.75, 3.05) is 0 Å². The van der Waals surface area contributed by atoms with Crippen LogP contribution in [0.25, 0.3) is 0 Å². The predicted molar refractivity (Wildman–Crippen MR) is 35.9 cm³/mol. The minimum atomic E-state index is -5.66. The Morgan fingerprint density at radius 2 is 1.77 bits per heavy atom. The molecule has 0 unspecified atom stereocenters. The van der Waals surface area contributed by atoms with Gasteiger partial charge in [0, 0.05) is 6.20 Å². The maximum Gasteiger partial charge on any atom is 0.477 e. The second-order valence-corrected chi connectivity index (χ2v) is 2.59. The molecule has 0 saturated heterocycles. The molecular weight excluding hydrogens is 215 g/mol. The quantitative estimate of drug-likeness (QED) is 0.567. The lowest BCUT2D eigenvalue weighted by Crippen LogP contribution is -2.40. The smallest absolute Gasteiger partial charge is 0.300 e. The first-order valence-electron chi connectivity index (χ1n) is 2.98. The molecule has 0 radical (unpaired) electrons. The van der Waals surface area contributed by atoms with E-state index in [1.54, 1.807) is 5.10 Å². The summed E-state index contributed by atoms with van der Waals surface area (Å²) in [5, 5.41) is 1.69. The van der Waals surface area contributed by atoms with Crippen molar-refractivity contribution >= 4 is 12.2 Å². The van der Waals surface area contributed by atoms with Crippen LogP contribution in [-0.4, -0.2) is 16.0 Å². The normalized spacial score (nSPS) is 13.3. The largest absolute Gasteiger partial charge is 0.477 e. The van der Waals surface area contributed by atoms with Crippen molar-refractivity contribution < 1.29 is 22.0 Å². The van der Waals surface area contributed by atoms with Crippen LogP contribution in [0.2, 0.25) is 0 Å². The zero-order chi connectivity index (χ0) is 10.3. The van der Waals surface area contributed by atoms with Crippen LogP contribution in [0.4, 0.5) is 22.0 Å². The highest BCUT2D eigenvalue weighted by Gasteiger charge is 2.60. The lowest BCUT2D eigenvalue weighted by Gasteiger charge is -2.19. The van der Waals surface area contributed by atoms with Gasteiger partial charge in [0.15, 0.2) is 0 Å². The molecule has 1 rings (SSSR count). The average molecular weight is 218 g/mol. The topological polar surface area (TPSA) is 20.7 Å². The van der Waals surface area contributed by atoms with Crippen molar-refractivity contribution in [3.63, 3.8) is 0 Å². The van der Waals surface area contributed by atoms with E-state index in [2.05, 4.69) is 12.2 Å². The molecule has 74 valence electrons. The van der Waals surface area contributed by atoms with Gasteiger partial charge in [-0.25, -0.2) is 4.68 Å². The highest BCUT2D eigenvalue weighted by molar-refractivity contribution is 7.71. The van der Waals surface area contributed by atoms with E-state index >= 15 is 0 Å². The van der Waals surface area contributed by atoms with Crippen molar-refractivity contribution in [1.82, 2.24) is 9.78 Å². The molecule has 13 heavy (non-hydrogen) atoms. The van der Waals surface area contributed by atoms with Crippen LogP contribution in [-0.2, 0) is 6.05 Å². The van der Waals surface area contributed by atoms with Crippen LogP contribution < -0.4 is 0 Å². The number of hydrogen-bond acceptors (Lipinski definition) is 1. The van der Waals surface area contributed by atoms with Gasteiger partial charge in [0.05, 0.1) is 0 Å². The molecule has 0 aliphatic rings. The van der Waals surface area contributed by atoms with E-state index in [0.29, 0.717) is 0 Å². The Morgan fingerprint density at radius 1 is 1.23 bits per heavy atom. The standard InChI is InChI=1S/C5H3F5N2S/c6-4(7,8)5(9,10)12-3(13)1-2-11-12/h1-2,11H. The lowest BCUT2D eigenvalue weighted by molar-refractivity contribution is -0.328. The summed E-state index contributed by atoms with van der Waals surface area (Å²) in [6.07, 6.45) is -4.75. The number of aromatic amines is 1. The fourth-order valence-electron chi connectivity index (χ4n) is 0.667. The van der Waals surface area contributed by atoms with Crippen LogP contribution in [0.5, 0.6) is 0 Å². The van der Waals surface area contributed by atoms with Gasteiger partial charge in [-0.15, -0.1) is 0 Å². The monoisotopic (exact) mass is 218 g/mol. The molecule has 0 bridgehead atoms. The summed E-state index contributed by atoms with van der Waals surface area (Å²) in [6, 6.07) is -4.05. The van der Waals surface area contributed by atoms with Gasteiger partial charge in [0.1, 0.15) is 4.64 Å². The van der Waals surface area contributed by atoms with Crippen molar-refractivity contribution in [3.8, 4) is 0 Å². The zero-order valence-corrected chi connectivity index (χ0v) is 6.72. The number of H-pyrrole nitrogens is 1. The first-order valence-corrected chi connectivity index (χ1v) is 3.39. The van der Waals surface area contributed by atoms with E-state index in [0.717, 1.165) is 12.3 Å². The van der Waals surface area contributed by atoms with Gasteiger partial charge in [0.2, 0.25) is 0 Å². The minimum Gasteiger partial charge on any atom is -0.300 e. The van der Waals surface area contributed by atoms with Crippen molar-refractivity contribution in [3.05, 3.63) is 16.9 Å².